The molecule has 8 heteroatoms. The monoisotopic (exact) mass is 405 g/mol. The van der Waals surface area contributed by atoms with Gasteiger partial charge in [-0.05, 0) is 44.9 Å². The molecule has 3 aliphatic heterocycles. The fourth-order valence-electron chi connectivity index (χ4n) is 5.02. The fourth-order valence-corrected chi connectivity index (χ4v) is 5.29. The average molecular weight is 406 g/mol. The summed E-state index contributed by atoms with van der Waals surface area (Å²) >= 11 is 6.27. The van der Waals surface area contributed by atoms with Gasteiger partial charge in [0.1, 0.15) is 5.54 Å². The molecule has 28 heavy (non-hydrogen) atoms. The smallest absolute Gasteiger partial charge is 0.250 e. The van der Waals surface area contributed by atoms with Crippen LogP contribution in [0.5, 0.6) is 0 Å². The fraction of sp³-hybridized carbons (Fsp3) is 0.550. The zero-order chi connectivity index (χ0) is 20.5. The van der Waals surface area contributed by atoms with Crippen LogP contribution >= 0.6 is 11.6 Å². The van der Waals surface area contributed by atoms with Gasteiger partial charge in [0.25, 0.3) is 0 Å². The lowest BCUT2D eigenvalue weighted by Crippen LogP contribution is -2.55. The predicted octanol–water partition coefficient (Wildman–Crippen LogP) is 1.55. The number of aliphatic hydroxyl groups excluding tert-OH is 1. The Labute approximate surface area is 168 Å². The molecule has 3 aliphatic rings. The van der Waals surface area contributed by atoms with Crippen molar-refractivity contribution in [1.82, 2.24) is 10.2 Å². The Bertz CT molecular complexity index is 902. The van der Waals surface area contributed by atoms with Crippen LogP contribution in [-0.4, -0.2) is 45.9 Å². The Morgan fingerprint density at radius 3 is 2.54 bits per heavy atom. The van der Waals surface area contributed by atoms with E-state index < -0.39 is 35.4 Å². The summed E-state index contributed by atoms with van der Waals surface area (Å²) in [6.07, 6.45) is -0.303. The minimum absolute atomic E-state index is 0.276. The molecular formula is C20H24ClN3O4. The molecule has 7 nitrogen and oxygen atoms in total. The van der Waals surface area contributed by atoms with Crippen molar-refractivity contribution in [2.45, 2.75) is 57.8 Å². The largest absolute Gasteiger partial charge is 0.392 e. The average Bonchev–Trinajstić information content (AvgIpc) is 3.21. The maximum Gasteiger partial charge on any atom is 0.250 e. The third kappa shape index (κ3) is 2.27. The highest BCUT2D eigenvalue weighted by atomic mass is 35.5. The maximum atomic E-state index is 13.4. The molecule has 0 radical (unpaired) electrons. The molecular weight excluding hydrogens is 382 g/mol. The van der Waals surface area contributed by atoms with Crippen molar-refractivity contribution < 1.29 is 19.5 Å². The highest BCUT2D eigenvalue weighted by Gasteiger charge is 2.71. The minimum atomic E-state index is -1.42. The molecule has 1 aromatic rings. The topological polar surface area (TPSA) is 98.7 Å². The van der Waals surface area contributed by atoms with Crippen LogP contribution in [0.2, 0.25) is 5.02 Å². The molecule has 6 atom stereocenters. The molecule has 1 spiro atoms. The van der Waals surface area contributed by atoms with Crippen molar-refractivity contribution in [3.8, 4) is 0 Å². The number of aliphatic hydroxyl groups is 1. The summed E-state index contributed by atoms with van der Waals surface area (Å²) in [5, 5.41) is 16.9. The van der Waals surface area contributed by atoms with Gasteiger partial charge in [-0.15, -0.1) is 0 Å². The Morgan fingerprint density at radius 1 is 1.25 bits per heavy atom. The van der Waals surface area contributed by atoms with Crippen molar-refractivity contribution >= 4 is 35.0 Å². The summed E-state index contributed by atoms with van der Waals surface area (Å²) in [4.78, 5) is 41.1. The number of amides is 3. The molecule has 1 aromatic carbocycles. The standard InChI is InChI=1S/C20H24ClN3O4/c1-5-9(3)24-17(26)13-14(18(24)27)20(23-16(13)10(4)25)12-7-11(21)6-8(2)15(12)22-19(20)28/h6-7,9-10,13-14,16,23,25H,5H2,1-4H3,(H,22,28)/t9-,10-,13-,14-,16-,20+/m0/s1. The first-order valence-electron chi connectivity index (χ1n) is 9.59. The number of fused-ring (bicyclic) bond motifs is 4. The van der Waals surface area contributed by atoms with Gasteiger partial charge >= 0.3 is 0 Å². The van der Waals surface area contributed by atoms with E-state index in [9.17, 15) is 19.5 Å². The van der Waals surface area contributed by atoms with Gasteiger partial charge in [0.05, 0.1) is 17.9 Å². The van der Waals surface area contributed by atoms with Crippen molar-refractivity contribution in [2.75, 3.05) is 5.32 Å². The van der Waals surface area contributed by atoms with Crippen LogP contribution in [0.25, 0.3) is 0 Å². The number of anilines is 1. The van der Waals surface area contributed by atoms with E-state index in [1.165, 1.54) is 4.90 Å². The van der Waals surface area contributed by atoms with Gasteiger partial charge in [0, 0.05) is 28.4 Å². The van der Waals surface area contributed by atoms with Crippen LogP contribution in [0, 0.1) is 18.8 Å². The van der Waals surface area contributed by atoms with Crippen LogP contribution in [-0.2, 0) is 19.9 Å². The van der Waals surface area contributed by atoms with Crippen LogP contribution in [0.15, 0.2) is 12.1 Å². The highest BCUT2D eigenvalue weighted by molar-refractivity contribution is 6.31. The van der Waals surface area contributed by atoms with E-state index in [2.05, 4.69) is 10.6 Å². The number of benzene rings is 1. The third-order valence-corrected chi connectivity index (χ3v) is 6.72. The second kappa shape index (κ2) is 6.27. The first-order chi connectivity index (χ1) is 13.1. The molecule has 2 saturated heterocycles. The highest BCUT2D eigenvalue weighted by Crippen LogP contribution is 2.54. The zero-order valence-corrected chi connectivity index (χ0v) is 17.0. The molecule has 0 unspecified atom stereocenters. The summed E-state index contributed by atoms with van der Waals surface area (Å²) in [5.41, 5.74) is 0.524. The number of carbonyl (C=O) groups is 3. The van der Waals surface area contributed by atoms with Gasteiger partial charge in [0.15, 0.2) is 0 Å². The molecule has 4 rings (SSSR count). The summed E-state index contributed by atoms with van der Waals surface area (Å²) in [6, 6.07) is 2.42. The van der Waals surface area contributed by atoms with Crippen molar-refractivity contribution in [3.05, 3.63) is 28.3 Å². The van der Waals surface area contributed by atoms with E-state index in [1.807, 2.05) is 20.8 Å². The van der Waals surface area contributed by atoms with Gasteiger partial charge in [-0.25, -0.2) is 0 Å². The van der Waals surface area contributed by atoms with Crippen LogP contribution in [0.1, 0.15) is 38.3 Å². The second-order valence-corrected chi connectivity index (χ2v) is 8.56. The molecule has 3 heterocycles. The Hall–Kier alpha value is -1.96. The number of nitrogens with zero attached hydrogens (tertiary/aromatic N) is 1. The van der Waals surface area contributed by atoms with Gasteiger partial charge in [-0.1, -0.05) is 18.5 Å². The molecule has 0 bridgehead atoms. The predicted molar refractivity (Wildman–Crippen MR) is 104 cm³/mol. The Balaban J connectivity index is 1.94. The zero-order valence-electron chi connectivity index (χ0n) is 16.2. The van der Waals surface area contributed by atoms with Gasteiger partial charge in [-0.3, -0.25) is 24.6 Å². The molecule has 0 aliphatic carbocycles. The number of hydrogen-bond acceptors (Lipinski definition) is 5. The van der Waals surface area contributed by atoms with E-state index in [0.29, 0.717) is 22.7 Å². The first kappa shape index (κ1) is 19.4. The minimum Gasteiger partial charge on any atom is -0.392 e. The number of aryl methyl sites for hydroxylation is 1. The second-order valence-electron chi connectivity index (χ2n) is 8.13. The van der Waals surface area contributed by atoms with Crippen LogP contribution in [0.4, 0.5) is 5.69 Å². The summed E-state index contributed by atoms with van der Waals surface area (Å²) in [7, 11) is 0. The Morgan fingerprint density at radius 2 is 1.93 bits per heavy atom. The normalized spacial score (nSPS) is 33.3. The first-order valence-corrected chi connectivity index (χ1v) is 9.97. The molecule has 0 saturated carbocycles. The SMILES string of the molecule is CC[C@H](C)N1C(=O)[C@@H]2[C@H]([C@H](C)O)N[C@@]3(C(=O)Nc4c(C)cc(Cl)cc43)[C@@H]2C1=O. The molecule has 3 N–H and O–H groups in total. The lowest BCUT2D eigenvalue weighted by Gasteiger charge is -2.31. The van der Waals surface area contributed by atoms with Gasteiger partial charge < -0.3 is 10.4 Å². The number of likely N-dealkylation sites (tertiary alicyclic amines) is 1. The maximum absolute atomic E-state index is 13.4. The van der Waals surface area contributed by atoms with E-state index in [0.717, 1.165) is 5.56 Å². The summed E-state index contributed by atoms with van der Waals surface area (Å²) < 4.78 is 0. The molecule has 3 amide bonds. The van der Waals surface area contributed by atoms with E-state index in [1.54, 1.807) is 19.1 Å². The molecule has 2 fully saturated rings. The van der Waals surface area contributed by atoms with Gasteiger partial charge in [-0.2, -0.15) is 0 Å². The van der Waals surface area contributed by atoms with Crippen LogP contribution < -0.4 is 10.6 Å². The van der Waals surface area contributed by atoms with Crippen molar-refractivity contribution in [1.29, 1.82) is 0 Å². The van der Waals surface area contributed by atoms with Crippen molar-refractivity contribution in [3.63, 3.8) is 0 Å². The lowest BCUT2D eigenvalue weighted by atomic mass is 9.76. The van der Waals surface area contributed by atoms with Crippen LogP contribution in [0.3, 0.4) is 0 Å². The van der Waals surface area contributed by atoms with Gasteiger partial charge in [0.2, 0.25) is 17.7 Å². The number of hydrogen-bond donors (Lipinski definition) is 3. The number of carbonyl (C=O) groups excluding carboxylic acids is 3. The van der Waals surface area contributed by atoms with E-state index in [4.69, 9.17) is 11.6 Å². The van der Waals surface area contributed by atoms with Crippen molar-refractivity contribution in [2.24, 2.45) is 11.8 Å². The number of rotatable bonds is 3. The van der Waals surface area contributed by atoms with E-state index in [-0.39, 0.29) is 17.9 Å². The quantitative estimate of drug-likeness (QED) is 0.663. The number of imide groups is 1. The van der Waals surface area contributed by atoms with E-state index >= 15 is 0 Å². The Kier molecular flexibility index (Phi) is 4.34. The third-order valence-electron chi connectivity index (χ3n) is 6.51. The molecule has 0 aromatic heterocycles. The molecule has 150 valence electrons. The summed E-state index contributed by atoms with van der Waals surface area (Å²) in [6.45, 7) is 7.11. The number of halogens is 1. The lowest BCUT2D eigenvalue weighted by molar-refractivity contribution is -0.145. The summed E-state index contributed by atoms with van der Waals surface area (Å²) in [5.74, 6) is -2.83. The number of nitrogens with one attached hydrogen (secondary N) is 2.